The molecule has 0 spiro atoms. The Morgan fingerprint density at radius 2 is 2.07 bits per heavy atom. The lowest BCUT2D eigenvalue weighted by atomic mass is 10.1. The van der Waals surface area contributed by atoms with Gasteiger partial charge in [-0.15, -0.1) is 5.10 Å². The SMILES string of the molecule is c1cnc2ccc(Cn3nnc4ccc(-c5cnn([C@H]6CCNC6)c5)nc43)cc2c1. The van der Waals surface area contributed by atoms with Gasteiger partial charge in [0, 0.05) is 29.9 Å². The summed E-state index contributed by atoms with van der Waals surface area (Å²) in [5.74, 6) is 0. The fraction of sp³-hybridized carbons (Fsp3) is 0.227. The second-order valence-corrected chi connectivity index (χ2v) is 7.67. The van der Waals surface area contributed by atoms with Crippen molar-refractivity contribution in [2.75, 3.05) is 13.1 Å². The summed E-state index contributed by atoms with van der Waals surface area (Å²) in [5.41, 5.74) is 5.57. The second-order valence-electron chi connectivity index (χ2n) is 7.67. The Balaban J connectivity index is 1.33. The van der Waals surface area contributed by atoms with Crippen LogP contribution in [-0.2, 0) is 6.54 Å². The number of pyridine rings is 2. The number of benzene rings is 1. The monoisotopic (exact) mass is 396 g/mol. The molecular weight excluding hydrogens is 376 g/mol. The third kappa shape index (κ3) is 3.02. The first-order chi connectivity index (χ1) is 14.8. The summed E-state index contributed by atoms with van der Waals surface area (Å²) in [5, 5.41) is 17.7. The minimum Gasteiger partial charge on any atom is -0.315 e. The summed E-state index contributed by atoms with van der Waals surface area (Å²) in [4.78, 5) is 9.25. The fourth-order valence-corrected chi connectivity index (χ4v) is 4.05. The van der Waals surface area contributed by atoms with Crippen LogP contribution in [-0.4, -0.2) is 47.8 Å². The molecule has 1 aromatic carbocycles. The van der Waals surface area contributed by atoms with Gasteiger partial charge in [-0.3, -0.25) is 9.67 Å². The van der Waals surface area contributed by atoms with Gasteiger partial charge < -0.3 is 5.32 Å². The molecule has 4 aromatic heterocycles. The van der Waals surface area contributed by atoms with Crippen LogP contribution >= 0.6 is 0 Å². The van der Waals surface area contributed by atoms with Crippen LogP contribution in [0.1, 0.15) is 18.0 Å². The van der Waals surface area contributed by atoms with Crippen molar-refractivity contribution in [2.24, 2.45) is 0 Å². The van der Waals surface area contributed by atoms with Gasteiger partial charge in [0.2, 0.25) is 0 Å². The molecule has 1 saturated heterocycles. The number of aromatic nitrogens is 7. The van der Waals surface area contributed by atoms with E-state index in [0.29, 0.717) is 12.6 Å². The van der Waals surface area contributed by atoms with Gasteiger partial charge in [0.1, 0.15) is 5.52 Å². The van der Waals surface area contributed by atoms with Crippen LogP contribution in [0.4, 0.5) is 0 Å². The summed E-state index contributed by atoms with van der Waals surface area (Å²) in [6.07, 6.45) is 6.88. The molecule has 8 nitrogen and oxygen atoms in total. The van der Waals surface area contributed by atoms with Gasteiger partial charge in [-0.05, 0) is 48.9 Å². The van der Waals surface area contributed by atoms with Crippen LogP contribution in [0.5, 0.6) is 0 Å². The highest BCUT2D eigenvalue weighted by Crippen LogP contribution is 2.23. The average molecular weight is 396 g/mol. The van der Waals surface area contributed by atoms with Gasteiger partial charge in [0.05, 0.1) is 30.0 Å². The predicted molar refractivity (Wildman–Crippen MR) is 114 cm³/mol. The fourth-order valence-electron chi connectivity index (χ4n) is 4.05. The van der Waals surface area contributed by atoms with E-state index < -0.39 is 0 Å². The van der Waals surface area contributed by atoms with Crippen molar-refractivity contribution in [3.63, 3.8) is 0 Å². The van der Waals surface area contributed by atoms with E-state index in [2.05, 4.69) is 50.1 Å². The summed E-state index contributed by atoms with van der Waals surface area (Å²) in [6, 6.07) is 14.6. The lowest BCUT2D eigenvalue weighted by Gasteiger charge is -2.07. The zero-order valence-corrected chi connectivity index (χ0v) is 16.3. The molecule has 1 atom stereocenters. The second kappa shape index (κ2) is 7.00. The smallest absolute Gasteiger partial charge is 0.179 e. The largest absolute Gasteiger partial charge is 0.315 e. The first-order valence-electron chi connectivity index (χ1n) is 10.1. The van der Waals surface area contributed by atoms with Crippen molar-refractivity contribution in [1.82, 2.24) is 40.1 Å². The quantitative estimate of drug-likeness (QED) is 0.503. The zero-order valence-electron chi connectivity index (χ0n) is 16.3. The number of fused-ring (bicyclic) bond motifs is 2. The first-order valence-corrected chi connectivity index (χ1v) is 10.1. The standard InChI is InChI=1S/C22H20N8/c1-2-16-10-15(3-4-19(16)24-8-1)13-30-22-21(27-28-30)6-5-20(26-22)17-11-25-29(14-17)18-7-9-23-12-18/h1-6,8,10-11,14,18,23H,7,9,12-13H2/t18-/m0/s1. The number of nitrogens with one attached hydrogen (secondary N) is 1. The molecule has 1 aliphatic rings. The summed E-state index contributed by atoms with van der Waals surface area (Å²) in [6.45, 7) is 2.61. The molecular formula is C22H20N8. The van der Waals surface area contributed by atoms with Crippen LogP contribution in [0.25, 0.3) is 33.3 Å². The van der Waals surface area contributed by atoms with Gasteiger partial charge >= 0.3 is 0 Å². The number of rotatable bonds is 4. The third-order valence-electron chi connectivity index (χ3n) is 5.66. The van der Waals surface area contributed by atoms with Gasteiger partial charge in [0.15, 0.2) is 5.65 Å². The van der Waals surface area contributed by atoms with Crippen molar-refractivity contribution >= 4 is 22.1 Å². The Bertz CT molecular complexity index is 1350. The van der Waals surface area contributed by atoms with E-state index >= 15 is 0 Å². The lowest BCUT2D eigenvalue weighted by molar-refractivity contribution is 0.491. The highest BCUT2D eigenvalue weighted by Gasteiger charge is 2.18. The molecule has 1 aliphatic heterocycles. The molecule has 5 heterocycles. The maximum absolute atomic E-state index is 4.86. The van der Waals surface area contributed by atoms with Crippen molar-refractivity contribution in [1.29, 1.82) is 0 Å². The van der Waals surface area contributed by atoms with Crippen molar-refractivity contribution < 1.29 is 0 Å². The van der Waals surface area contributed by atoms with Gasteiger partial charge in [-0.25, -0.2) is 9.67 Å². The minimum absolute atomic E-state index is 0.414. The Hall–Kier alpha value is -3.65. The normalized spacial score (nSPS) is 16.6. The molecule has 0 saturated carbocycles. The third-order valence-corrected chi connectivity index (χ3v) is 5.66. The first kappa shape index (κ1) is 17.2. The molecule has 0 aliphatic carbocycles. The van der Waals surface area contributed by atoms with Gasteiger partial charge in [-0.1, -0.05) is 17.3 Å². The molecule has 1 fully saturated rings. The van der Waals surface area contributed by atoms with E-state index in [-0.39, 0.29) is 0 Å². The van der Waals surface area contributed by atoms with Crippen LogP contribution in [0, 0.1) is 0 Å². The van der Waals surface area contributed by atoms with E-state index in [0.717, 1.165) is 58.4 Å². The molecule has 148 valence electrons. The molecule has 1 N–H and O–H groups in total. The van der Waals surface area contributed by atoms with E-state index in [1.54, 1.807) is 0 Å². The number of hydrogen-bond acceptors (Lipinski definition) is 6. The lowest BCUT2D eigenvalue weighted by Crippen LogP contribution is -2.13. The Morgan fingerprint density at radius 3 is 3.00 bits per heavy atom. The van der Waals surface area contributed by atoms with Crippen LogP contribution in [0.2, 0.25) is 0 Å². The minimum atomic E-state index is 0.414. The van der Waals surface area contributed by atoms with Crippen LogP contribution in [0.15, 0.2) is 61.1 Å². The maximum Gasteiger partial charge on any atom is 0.179 e. The summed E-state index contributed by atoms with van der Waals surface area (Å²) in [7, 11) is 0. The Kier molecular flexibility index (Phi) is 4.02. The Morgan fingerprint density at radius 1 is 1.10 bits per heavy atom. The van der Waals surface area contributed by atoms with Gasteiger partial charge in [0.25, 0.3) is 0 Å². The topological polar surface area (TPSA) is 86.3 Å². The van der Waals surface area contributed by atoms with E-state index in [9.17, 15) is 0 Å². The molecule has 6 rings (SSSR count). The van der Waals surface area contributed by atoms with E-state index in [1.807, 2.05) is 46.0 Å². The molecule has 0 radical (unpaired) electrons. The average Bonchev–Trinajstić information content (AvgIpc) is 3.54. The molecule has 0 unspecified atom stereocenters. The maximum atomic E-state index is 4.86. The van der Waals surface area contributed by atoms with E-state index in [4.69, 9.17) is 4.98 Å². The van der Waals surface area contributed by atoms with Crippen LogP contribution < -0.4 is 5.32 Å². The number of nitrogens with zero attached hydrogens (tertiary/aromatic N) is 7. The highest BCUT2D eigenvalue weighted by molar-refractivity contribution is 5.79. The highest BCUT2D eigenvalue weighted by atomic mass is 15.4. The molecule has 5 aromatic rings. The molecule has 30 heavy (non-hydrogen) atoms. The van der Waals surface area contributed by atoms with Crippen molar-refractivity contribution in [3.8, 4) is 11.3 Å². The number of hydrogen-bond donors (Lipinski definition) is 1. The molecule has 0 bridgehead atoms. The molecule has 0 amide bonds. The predicted octanol–water partition coefficient (Wildman–Crippen LogP) is 2.82. The van der Waals surface area contributed by atoms with Crippen molar-refractivity contribution in [3.05, 3.63) is 66.6 Å². The van der Waals surface area contributed by atoms with Gasteiger partial charge in [-0.2, -0.15) is 5.10 Å². The summed E-state index contributed by atoms with van der Waals surface area (Å²) < 4.78 is 3.89. The van der Waals surface area contributed by atoms with Crippen molar-refractivity contribution in [2.45, 2.75) is 19.0 Å². The molecule has 8 heteroatoms. The van der Waals surface area contributed by atoms with E-state index in [1.165, 1.54) is 0 Å². The zero-order chi connectivity index (χ0) is 19.9. The Labute approximate surface area is 172 Å². The summed E-state index contributed by atoms with van der Waals surface area (Å²) >= 11 is 0. The van der Waals surface area contributed by atoms with Crippen LogP contribution in [0.3, 0.4) is 0 Å².